The van der Waals surface area contributed by atoms with Crippen LogP contribution in [0, 0.1) is 0 Å². The second-order valence-electron chi connectivity index (χ2n) is 6.40. The predicted molar refractivity (Wildman–Crippen MR) is 109 cm³/mol. The molecule has 9 nitrogen and oxygen atoms in total. The minimum absolute atomic E-state index is 0.00753. The largest absolute Gasteiger partial charge is 0.507 e. The van der Waals surface area contributed by atoms with Crippen molar-refractivity contribution in [2.45, 2.75) is 13.0 Å². The highest BCUT2D eigenvalue weighted by molar-refractivity contribution is 6.32. The van der Waals surface area contributed by atoms with Crippen LogP contribution in [0.4, 0.5) is 0 Å². The van der Waals surface area contributed by atoms with Crippen LogP contribution in [0.25, 0.3) is 22.4 Å². The fourth-order valence-electron chi connectivity index (χ4n) is 2.81. The Bertz CT molecular complexity index is 1110. The number of nitrogens with zero attached hydrogens (tertiary/aromatic N) is 1. The number of methoxy groups -OCH3 is 1. The molecule has 0 saturated heterocycles. The van der Waals surface area contributed by atoms with Gasteiger partial charge in [0.1, 0.15) is 34.7 Å². The summed E-state index contributed by atoms with van der Waals surface area (Å²) in [5.41, 5.74) is 1.21. The number of nitrogens with one attached hydrogen (secondary N) is 2. The Morgan fingerprint density at radius 2 is 1.83 bits per heavy atom. The topological polar surface area (TPSA) is 145 Å². The van der Waals surface area contributed by atoms with E-state index in [1.165, 1.54) is 20.1 Å². The van der Waals surface area contributed by atoms with Crippen LogP contribution in [0.5, 0.6) is 17.2 Å². The van der Waals surface area contributed by atoms with Crippen molar-refractivity contribution in [3.63, 3.8) is 0 Å². The number of halogens is 1. The molecule has 3 rings (SSSR count). The van der Waals surface area contributed by atoms with E-state index < -0.39 is 17.9 Å². The van der Waals surface area contributed by atoms with Crippen molar-refractivity contribution < 1.29 is 29.6 Å². The van der Waals surface area contributed by atoms with Gasteiger partial charge in [-0.15, -0.1) is 0 Å². The molecule has 0 aliphatic rings. The summed E-state index contributed by atoms with van der Waals surface area (Å²) >= 11 is 5.99. The Labute approximate surface area is 175 Å². The molecule has 10 heteroatoms. The smallest absolute Gasteiger partial charge is 0.325 e. The molecule has 1 amide bonds. The van der Waals surface area contributed by atoms with Crippen molar-refractivity contribution in [3.8, 4) is 39.6 Å². The number of hydrogen-bond acceptors (Lipinski definition) is 6. The van der Waals surface area contributed by atoms with Gasteiger partial charge in [-0.3, -0.25) is 14.7 Å². The third-order valence-corrected chi connectivity index (χ3v) is 4.71. The van der Waals surface area contributed by atoms with Gasteiger partial charge in [0.15, 0.2) is 0 Å². The maximum Gasteiger partial charge on any atom is 0.325 e. The third kappa shape index (κ3) is 4.01. The third-order valence-electron chi connectivity index (χ3n) is 4.41. The summed E-state index contributed by atoms with van der Waals surface area (Å²) in [5.74, 6) is -1.92. The minimum Gasteiger partial charge on any atom is -0.507 e. The number of phenolic OH excluding ortho intramolecular Hbond substituents is 2. The number of ether oxygens (including phenoxy) is 1. The molecule has 1 atom stereocenters. The normalized spacial score (nSPS) is 11.7. The Hall–Kier alpha value is -3.72. The first-order valence-electron chi connectivity index (χ1n) is 8.71. The van der Waals surface area contributed by atoms with Crippen molar-refractivity contribution >= 4 is 23.5 Å². The standard InChI is InChI=1S/C20H18ClN3O6/c1-9(20(28)29)22-19(27)18-16(10-3-5-11(30-2)6-4-10)17(23-24-18)12-7-13(21)15(26)8-14(12)25/h3-9,25-26H,1-2H3,(H,22,27)(H,23,24)(H,28,29). The average Bonchev–Trinajstić information content (AvgIpc) is 3.15. The first-order chi connectivity index (χ1) is 14.2. The van der Waals surface area contributed by atoms with Gasteiger partial charge in [0.25, 0.3) is 5.91 Å². The minimum atomic E-state index is -1.20. The number of rotatable bonds is 6. The number of carboxylic acid groups (broad SMARTS) is 1. The lowest BCUT2D eigenvalue weighted by atomic mass is 9.97. The molecule has 2 aromatic carbocycles. The highest BCUT2D eigenvalue weighted by Gasteiger charge is 2.26. The zero-order valence-electron chi connectivity index (χ0n) is 15.9. The Morgan fingerprint density at radius 3 is 2.43 bits per heavy atom. The lowest BCUT2D eigenvalue weighted by Gasteiger charge is -2.11. The van der Waals surface area contributed by atoms with Gasteiger partial charge in [-0.05, 0) is 30.7 Å². The summed E-state index contributed by atoms with van der Waals surface area (Å²) in [6.45, 7) is 1.33. The van der Waals surface area contributed by atoms with E-state index in [0.717, 1.165) is 6.07 Å². The quantitative estimate of drug-likeness (QED) is 0.403. The molecule has 1 aromatic heterocycles. The number of carbonyl (C=O) groups excluding carboxylic acids is 1. The second kappa shape index (κ2) is 8.34. The first kappa shape index (κ1) is 21.0. The molecule has 5 N–H and O–H groups in total. The van der Waals surface area contributed by atoms with E-state index in [0.29, 0.717) is 16.9 Å². The highest BCUT2D eigenvalue weighted by atomic mass is 35.5. The number of aromatic amines is 1. The van der Waals surface area contributed by atoms with Gasteiger partial charge in [-0.1, -0.05) is 23.7 Å². The van der Waals surface area contributed by atoms with Gasteiger partial charge >= 0.3 is 5.97 Å². The van der Waals surface area contributed by atoms with Crippen LogP contribution in [-0.2, 0) is 4.79 Å². The Kier molecular flexibility index (Phi) is 5.84. The van der Waals surface area contributed by atoms with Crippen molar-refractivity contribution in [2.24, 2.45) is 0 Å². The number of amides is 1. The van der Waals surface area contributed by atoms with Gasteiger partial charge in [0.2, 0.25) is 0 Å². The number of aliphatic carboxylic acids is 1. The van der Waals surface area contributed by atoms with Crippen LogP contribution in [0.2, 0.25) is 5.02 Å². The molecule has 0 spiro atoms. The van der Waals surface area contributed by atoms with Gasteiger partial charge < -0.3 is 25.4 Å². The molecule has 1 heterocycles. The number of hydrogen-bond donors (Lipinski definition) is 5. The van der Waals surface area contributed by atoms with Crippen LogP contribution in [0.3, 0.4) is 0 Å². The molecular weight excluding hydrogens is 414 g/mol. The first-order valence-corrected chi connectivity index (χ1v) is 9.09. The fraction of sp³-hybridized carbons (Fsp3) is 0.150. The van der Waals surface area contributed by atoms with E-state index in [2.05, 4.69) is 15.5 Å². The average molecular weight is 432 g/mol. The van der Waals surface area contributed by atoms with Crippen molar-refractivity contribution in [2.75, 3.05) is 7.11 Å². The van der Waals surface area contributed by atoms with E-state index in [9.17, 15) is 19.8 Å². The Balaban J connectivity index is 2.18. The molecule has 3 aromatic rings. The molecule has 1 unspecified atom stereocenters. The van der Waals surface area contributed by atoms with E-state index in [-0.39, 0.29) is 33.5 Å². The van der Waals surface area contributed by atoms with Crippen LogP contribution >= 0.6 is 11.6 Å². The van der Waals surface area contributed by atoms with Crippen molar-refractivity contribution in [3.05, 3.63) is 47.1 Å². The number of carbonyl (C=O) groups is 2. The van der Waals surface area contributed by atoms with E-state index in [4.69, 9.17) is 21.4 Å². The second-order valence-corrected chi connectivity index (χ2v) is 6.81. The van der Waals surface area contributed by atoms with Gasteiger partial charge in [0.05, 0.1) is 12.1 Å². The van der Waals surface area contributed by atoms with Crippen molar-refractivity contribution in [1.82, 2.24) is 15.5 Å². The maximum atomic E-state index is 12.7. The molecule has 0 fully saturated rings. The maximum absolute atomic E-state index is 12.7. The number of aromatic nitrogens is 2. The summed E-state index contributed by atoms with van der Waals surface area (Å²) < 4.78 is 5.15. The summed E-state index contributed by atoms with van der Waals surface area (Å²) in [4.78, 5) is 23.8. The number of carboxylic acids is 1. The molecule has 0 radical (unpaired) electrons. The van der Waals surface area contributed by atoms with E-state index in [1.54, 1.807) is 24.3 Å². The fourth-order valence-corrected chi connectivity index (χ4v) is 2.97. The zero-order chi connectivity index (χ0) is 22.0. The highest BCUT2D eigenvalue weighted by Crippen LogP contribution is 2.41. The lowest BCUT2D eigenvalue weighted by Crippen LogP contribution is -2.38. The van der Waals surface area contributed by atoms with Crippen LogP contribution < -0.4 is 10.1 Å². The van der Waals surface area contributed by atoms with Gasteiger partial charge in [0, 0.05) is 17.2 Å². The molecule has 0 aliphatic carbocycles. The molecule has 0 aliphatic heterocycles. The number of H-pyrrole nitrogens is 1. The van der Waals surface area contributed by atoms with Crippen LogP contribution in [-0.4, -0.2) is 50.5 Å². The number of aromatic hydroxyl groups is 2. The SMILES string of the molecule is COc1ccc(-c2c(-c3cc(Cl)c(O)cc3O)n[nH]c2C(=O)NC(C)C(=O)O)cc1. The number of phenols is 2. The molecule has 0 saturated carbocycles. The van der Waals surface area contributed by atoms with E-state index >= 15 is 0 Å². The Morgan fingerprint density at radius 1 is 1.17 bits per heavy atom. The zero-order valence-corrected chi connectivity index (χ0v) is 16.7. The summed E-state index contributed by atoms with van der Waals surface area (Å²) in [5, 5.41) is 38.2. The molecular formula is C20H18ClN3O6. The monoisotopic (exact) mass is 431 g/mol. The predicted octanol–water partition coefficient (Wildman–Crippen LogP) is 3.02. The molecule has 30 heavy (non-hydrogen) atoms. The molecule has 156 valence electrons. The van der Waals surface area contributed by atoms with E-state index in [1.807, 2.05) is 0 Å². The number of benzene rings is 2. The summed E-state index contributed by atoms with van der Waals surface area (Å²) in [6, 6.07) is 7.97. The van der Waals surface area contributed by atoms with Crippen LogP contribution in [0.15, 0.2) is 36.4 Å². The summed E-state index contributed by atoms with van der Waals surface area (Å²) in [7, 11) is 1.51. The van der Waals surface area contributed by atoms with Gasteiger partial charge in [-0.2, -0.15) is 5.10 Å². The van der Waals surface area contributed by atoms with Crippen molar-refractivity contribution in [1.29, 1.82) is 0 Å². The summed E-state index contributed by atoms with van der Waals surface area (Å²) in [6.07, 6.45) is 0. The van der Waals surface area contributed by atoms with Crippen LogP contribution in [0.1, 0.15) is 17.4 Å². The molecule has 0 bridgehead atoms. The lowest BCUT2D eigenvalue weighted by molar-refractivity contribution is -0.138. The van der Waals surface area contributed by atoms with Gasteiger partial charge in [-0.25, -0.2) is 0 Å².